The molecule has 0 spiro atoms. The van der Waals surface area contributed by atoms with E-state index in [2.05, 4.69) is 10.4 Å². The Kier molecular flexibility index (Phi) is 3.91. The van der Waals surface area contributed by atoms with E-state index < -0.39 is 0 Å². The van der Waals surface area contributed by atoms with Crippen molar-refractivity contribution in [2.24, 2.45) is 23.2 Å². The van der Waals surface area contributed by atoms with Gasteiger partial charge >= 0.3 is 0 Å². The minimum absolute atomic E-state index is 0.0861. The van der Waals surface area contributed by atoms with Gasteiger partial charge in [0.15, 0.2) is 0 Å². The van der Waals surface area contributed by atoms with Gasteiger partial charge in [-0.05, 0) is 68.1 Å². The lowest BCUT2D eigenvalue weighted by atomic mass is 9.49. The van der Waals surface area contributed by atoms with Crippen LogP contribution in [0, 0.1) is 23.2 Å². The summed E-state index contributed by atoms with van der Waals surface area (Å²) < 4.78 is 1.69. The maximum atomic E-state index is 12.7. The van der Waals surface area contributed by atoms with E-state index in [9.17, 15) is 4.79 Å². The number of aromatic nitrogens is 2. The summed E-state index contributed by atoms with van der Waals surface area (Å²) in [6.07, 6.45) is 12.3. The molecular formula is C18H26ClN3O. The maximum Gasteiger partial charge on any atom is 0.244 e. The highest BCUT2D eigenvalue weighted by Crippen LogP contribution is 2.59. The molecule has 0 saturated heterocycles. The van der Waals surface area contributed by atoms with Crippen LogP contribution in [0.15, 0.2) is 12.4 Å². The standard InChI is InChI=1S/C18H26ClN3O/c1-2-16(22-10-15(19)9-21-22)17(23)20-11-18-6-12-3-13(7-18)5-14(4-12)8-18/h9-10,12-14,16H,2-8,11H2,1H3,(H,20,23). The van der Waals surface area contributed by atoms with Gasteiger partial charge in [-0.25, -0.2) is 0 Å². The molecule has 1 unspecified atom stereocenters. The van der Waals surface area contributed by atoms with E-state index in [-0.39, 0.29) is 11.9 Å². The summed E-state index contributed by atoms with van der Waals surface area (Å²) in [4.78, 5) is 12.7. The van der Waals surface area contributed by atoms with E-state index in [0.29, 0.717) is 10.4 Å². The Hall–Kier alpha value is -1.03. The monoisotopic (exact) mass is 335 g/mol. The first kappa shape index (κ1) is 15.5. The minimum Gasteiger partial charge on any atom is -0.354 e. The third-order valence-electron chi connectivity index (χ3n) is 6.38. The van der Waals surface area contributed by atoms with E-state index in [4.69, 9.17) is 11.6 Å². The second kappa shape index (κ2) is 5.80. The van der Waals surface area contributed by atoms with Crippen LogP contribution in [0.1, 0.15) is 57.9 Å². The normalized spacial score (nSPS) is 36.2. The molecule has 1 heterocycles. The fourth-order valence-corrected chi connectivity index (χ4v) is 6.02. The molecule has 1 amide bonds. The minimum atomic E-state index is -0.253. The molecule has 126 valence electrons. The molecular weight excluding hydrogens is 310 g/mol. The number of hydrogen-bond acceptors (Lipinski definition) is 2. The van der Waals surface area contributed by atoms with Crippen LogP contribution in [0.2, 0.25) is 5.02 Å². The molecule has 4 aliphatic carbocycles. The van der Waals surface area contributed by atoms with Crippen LogP contribution in [-0.4, -0.2) is 22.2 Å². The lowest BCUT2D eigenvalue weighted by molar-refractivity contribution is -0.126. The molecule has 4 saturated carbocycles. The summed E-state index contributed by atoms with van der Waals surface area (Å²) in [5.74, 6) is 2.85. The Balaban J connectivity index is 1.41. The van der Waals surface area contributed by atoms with Crippen LogP contribution < -0.4 is 5.32 Å². The maximum absolute atomic E-state index is 12.7. The predicted molar refractivity (Wildman–Crippen MR) is 90.2 cm³/mol. The molecule has 1 atom stereocenters. The van der Waals surface area contributed by atoms with E-state index in [1.54, 1.807) is 17.1 Å². The molecule has 1 aromatic heterocycles. The lowest BCUT2D eigenvalue weighted by Crippen LogP contribution is -2.51. The molecule has 1 aromatic rings. The number of nitrogens with one attached hydrogen (secondary N) is 1. The molecule has 0 aliphatic heterocycles. The van der Waals surface area contributed by atoms with Crippen LogP contribution in [0.5, 0.6) is 0 Å². The molecule has 23 heavy (non-hydrogen) atoms. The summed E-state index contributed by atoms with van der Waals surface area (Å²) in [7, 11) is 0. The number of rotatable bonds is 5. The van der Waals surface area contributed by atoms with Gasteiger partial charge in [-0.2, -0.15) is 5.10 Å². The zero-order chi connectivity index (χ0) is 16.0. The number of hydrogen-bond donors (Lipinski definition) is 1. The number of nitrogens with zero attached hydrogens (tertiary/aromatic N) is 2. The van der Waals surface area contributed by atoms with Gasteiger partial charge in [-0.1, -0.05) is 18.5 Å². The molecule has 5 rings (SSSR count). The van der Waals surface area contributed by atoms with Crippen molar-refractivity contribution in [1.82, 2.24) is 15.1 Å². The molecule has 5 heteroatoms. The molecule has 0 aromatic carbocycles. The van der Waals surface area contributed by atoms with Crippen molar-refractivity contribution in [2.75, 3.05) is 6.54 Å². The van der Waals surface area contributed by atoms with E-state index in [0.717, 1.165) is 30.7 Å². The number of carbonyl (C=O) groups is 1. The Labute approximate surface area is 143 Å². The van der Waals surface area contributed by atoms with Crippen molar-refractivity contribution in [2.45, 2.75) is 57.9 Å². The van der Waals surface area contributed by atoms with Gasteiger partial charge in [0.25, 0.3) is 0 Å². The third-order valence-corrected chi connectivity index (χ3v) is 6.58. The summed E-state index contributed by atoms with van der Waals surface area (Å²) >= 11 is 5.94. The van der Waals surface area contributed by atoms with E-state index in [1.165, 1.54) is 38.5 Å². The highest BCUT2D eigenvalue weighted by Gasteiger charge is 2.50. The third kappa shape index (κ3) is 2.90. The van der Waals surface area contributed by atoms with Crippen LogP contribution in [0.25, 0.3) is 0 Å². The fraction of sp³-hybridized carbons (Fsp3) is 0.778. The first-order chi connectivity index (χ1) is 11.1. The average Bonchev–Trinajstić information content (AvgIpc) is 2.91. The van der Waals surface area contributed by atoms with Gasteiger partial charge in [-0.3, -0.25) is 9.48 Å². The van der Waals surface area contributed by atoms with Crippen LogP contribution in [0.4, 0.5) is 0 Å². The van der Waals surface area contributed by atoms with Crippen LogP contribution in [-0.2, 0) is 4.79 Å². The summed E-state index contributed by atoms with van der Waals surface area (Å²) in [5, 5.41) is 8.04. The van der Waals surface area contributed by atoms with E-state index >= 15 is 0 Å². The zero-order valence-electron chi connectivity index (χ0n) is 13.8. The molecule has 4 aliphatic rings. The Morgan fingerprint density at radius 2 is 1.96 bits per heavy atom. The highest BCUT2D eigenvalue weighted by molar-refractivity contribution is 6.30. The Morgan fingerprint density at radius 3 is 2.43 bits per heavy atom. The van der Waals surface area contributed by atoms with Crippen molar-refractivity contribution in [3.8, 4) is 0 Å². The average molecular weight is 336 g/mol. The number of carbonyl (C=O) groups excluding carboxylic acids is 1. The SMILES string of the molecule is CCC(C(=O)NCC12CC3CC(CC(C3)C1)C2)n1cc(Cl)cn1. The first-order valence-electron chi connectivity index (χ1n) is 9.04. The Bertz CT molecular complexity index is 562. The van der Waals surface area contributed by atoms with E-state index in [1.807, 2.05) is 6.92 Å². The summed E-state index contributed by atoms with van der Waals surface area (Å²) in [6.45, 7) is 2.87. The van der Waals surface area contributed by atoms with Crippen molar-refractivity contribution in [1.29, 1.82) is 0 Å². The molecule has 1 N–H and O–H groups in total. The van der Waals surface area contributed by atoms with Gasteiger partial charge in [-0.15, -0.1) is 0 Å². The quantitative estimate of drug-likeness (QED) is 0.889. The molecule has 0 radical (unpaired) electrons. The summed E-state index contributed by atoms with van der Waals surface area (Å²) in [6, 6.07) is -0.253. The largest absolute Gasteiger partial charge is 0.354 e. The van der Waals surface area contributed by atoms with Crippen molar-refractivity contribution < 1.29 is 4.79 Å². The topological polar surface area (TPSA) is 46.9 Å². The second-order valence-corrected chi connectivity index (χ2v) is 8.63. The van der Waals surface area contributed by atoms with Crippen molar-refractivity contribution in [3.05, 3.63) is 17.4 Å². The fourth-order valence-electron chi connectivity index (χ4n) is 5.88. The smallest absolute Gasteiger partial charge is 0.244 e. The lowest BCUT2D eigenvalue weighted by Gasteiger charge is -2.57. The molecule has 4 nitrogen and oxygen atoms in total. The van der Waals surface area contributed by atoms with Gasteiger partial charge in [0.1, 0.15) is 6.04 Å². The van der Waals surface area contributed by atoms with Gasteiger partial charge in [0, 0.05) is 12.7 Å². The summed E-state index contributed by atoms with van der Waals surface area (Å²) in [5.41, 5.74) is 0.379. The van der Waals surface area contributed by atoms with Crippen LogP contribution >= 0.6 is 11.6 Å². The van der Waals surface area contributed by atoms with Crippen molar-refractivity contribution in [3.63, 3.8) is 0 Å². The zero-order valence-corrected chi connectivity index (χ0v) is 14.6. The van der Waals surface area contributed by atoms with Gasteiger partial charge < -0.3 is 5.32 Å². The number of amides is 1. The Morgan fingerprint density at radius 1 is 1.35 bits per heavy atom. The predicted octanol–water partition coefficient (Wildman–Crippen LogP) is 3.82. The molecule has 4 bridgehead atoms. The van der Waals surface area contributed by atoms with Gasteiger partial charge in [0.2, 0.25) is 5.91 Å². The molecule has 4 fully saturated rings. The first-order valence-corrected chi connectivity index (χ1v) is 9.42. The van der Waals surface area contributed by atoms with Crippen LogP contribution in [0.3, 0.4) is 0 Å². The highest BCUT2D eigenvalue weighted by atomic mass is 35.5. The second-order valence-electron chi connectivity index (χ2n) is 8.20. The van der Waals surface area contributed by atoms with Crippen molar-refractivity contribution >= 4 is 17.5 Å². The van der Waals surface area contributed by atoms with Gasteiger partial charge in [0.05, 0.1) is 11.2 Å². The number of halogens is 1.